The molecule has 110 valence electrons. The van der Waals surface area contributed by atoms with Crippen LogP contribution >= 0.6 is 0 Å². The molecule has 6 nitrogen and oxygen atoms in total. The van der Waals surface area contributed by atoms with E-state index in [1.54, 1.807) is 7.05 Å². The van der Waals surface area contributed by atoms with Crippen LogP contribution in [0.2, 0.25) is 0 Å². The highest BCUT2D eigenvalue weighted by molar-refractivity contribution is 7.89. The molecule has 0 aliphatic heterocycles. The summed E-state index contributed by atoms with van der Waals surface area (Å²) in [6.45, 7) is 0. The number of sulfonamides is 1. The molecule has 2 saturated carbocycles. The number of primary sulfonamides is 1. The molecule has 0 aromatic carbocycles. The van der Waals surface area contributed by atoms with Crippen LogP contribution in [0.1, 0.15) is 36.2 Å². The first kappa shape index (κ1) is 13.6. The van der Waals surface area contributed by atoms with Gasteiger partial charge in [0.25, 0.3) is 5.91 Å². The zero-order chi connectivity index (χ0) is 14.5. The van der Waals surface area contributed by atoms with Crippen molar-refractivity contribution in [3.63, 3.8) is 0 Å². The highest BCUT2D eigenvalue weighted by atomic mass is 32.2. The topological polar surface area (TPSA) is 94.2 Å². The van der Waals surface area contributed by atoms with Crippen molar-refractivity contribution in [2.24, 2.45) is 24.0 Å². The Morgan fingerprint density at radius 1 is 1.35 bits per heavy atom. The summed E-state index contributed by atoms with van der Waals surface area (Å²) in [5.74, 6) is 0.986. The minimum absolute atomic E-state index is 0.0282. The van der Waals surface area contributed by atoms with E-state index in [0.29, 0.717) is 17.5 Å². The van der Waals surface area contributed by atoms with Gasteiger partial charge in [0.15, 0.2) is 0 Å². The average molecular weight is 297 g/mol. The van der Waals surface area contributed by atoms with Gasteiger partial charge in [-0.25, -0.2) is 13.6 Å². The number of hydrogen-bond acceptors (Lipinski definition) is 3. The maximum atomic E-state index is 12.3. The van der Waals surface area contributed by atoms with Crippen LogP contribution in [0.5, 0.6) is 0 Å². The molecule has 2 aliphatic rings. The third kappa shape index (κ3) is 2.73. The maximum absolute atomic E-state index is 12.3. The maximum Gasteiger partial charge on any atom is 0.268 e. The fourth-order valence-electron chi connectivity index (χ4n) is 2.67. The highest BCUT2D eigenvalue weighted by Crippen LogP contribution is 2.44. The van der Waals surface area contributed by atoms with Crippen molar-refractivity contribution in [1.29, 1.82) is 0 Å². The lowest BCUT2D eigenvalue weighted by Crippen LogP contribution is -2.38. The molecule has 1 amide bonds. The Morgan fingerprint density at radius 3 is 2.30 bits per heavy atom. The van der Waals surface area contributed by atoms with Gasteiger partial charge in [-0.2, -0.15) is 0 Å². The van der Waals surface area contributed by atoms with Gasteiger partial charge in [-0.05, 0) is 43.6 Å². The van der Waals surface area contributed by atoms with Crippen molar-refractivity contribution < 1.29 is 13.2 Å². The van der Waals surface area contributed by atoms with Crippen LogP contribution in [0.15, 0.2) is 17.2 Å². The van der Waals surface area contributed by atoms with E-state index in [1.807, 2.05) is 0 Å². The fourth-order valence-corrected chi connectivity index (χ4v) is 3.25. The molecule has 1 aromatic rings. The molecule has 0 spiro atoms. The zero-order valence-electron chi connectivity index (χ0n) is 11.4. The third-order valence-corrected chi connectivity index (χ3v) is 4.98. The lowest BCUT2D eigenvalue weighted by molar-refractivity contribution is 0.0918. The van der Waals surface area contributed by atoms with Gasteiger partial charge >= 0.3 is 0 Å². The first-order chi connectivity index (χ1) is 9.36. The standard InChI is InChI=1S/C13H19N3O3S/c1-16-7-10(20(14,18)19)6-11(16)13(17)15-12(8-2-3-8)9-4-5-9/h6-9,12H,2-5H2,1H3,(H,15,17)(H2,14,18,19). The van der Waals surface area contributed by atoms with Crippen LogP contribution in [0.4, 0.5) is 0 Å². The molecule has 2 fully saturated rings. The van der Waals surface area contributed by atoms with Crippen LogP contribution in [-0.2, 0) is 17.1 Å². The van der Waals surface area contributed by atoms with Crippen LogP contribution in [-0.4, -0.2) is 24.9 Å². The average Bonchev–Trinajstić information content (AvgIpc) is 3.22. The number of nitrogens with one attached hydrogen (secondary N) is 1. The Morgan fingerprint density at radius 2 is 1.90 bits per heavy atom. The lowest BCUT2D eigenvalue weighted by atomic mass is 10.1. The molecule has 1 aromatic heterocycles. The number of nitrogens with zero attached hydrogens (tertiary/aromatic N) is 1. The zero-order valence-corrected chi connectivity index (χ0v) is 12.2. The van der Waals surface area contributed by atoms with Crippen molar-refractivity contribution in [3.05, 3.63) is 18.0 Å². The molecule has 0 unspecified atom stereocenters. The van der Waals surface area contributed by atoms with E-state index >= 15 is 0 Å². The van der Waals surface area contributed by atoms with Gasteiger partial charge in [-0.3, -0.25) is 4.79 Å². The number of carbonyl (C=O) groups excluding carboxylic acids is 1. The Balaban J connectivity index is 1.78. The number of carbonyl (C=O) groups is 1. The normalized spacial score (nSPS) is 19.4. The second-order valence-corrected chi connectivity index (χ2v) is 7.45. The molecule has 0 radical (unpaired) electrons. The van der Waals surface area contributed by atoms with Gasteiger partial charge in [0.2, 0.25) is 10.0 Å². The molecular formula is C13H19N3O3S. The van der Waals surface area contributed by atoms with Crippen molar-refractivity contribution in [3.8, 4) is 0 Å². The van der Waals surface area contributed by atoms with Crippen LogP contribution in [0, 0.1) is 11.8 Å². The van der Waals surface area contributed by atoms with Gasteiger partial charge in [-0.1, -0.05) is 0 Å². The summed E-state index contributed by atoms with van der Waals surface area (Å²) in [5, 5.41) is 8.15. The SMILES string of the molecule is Cn1cc(S(N)(=O)=O)cc1C(=O)NC(C1CC1)C1CC1. The largest absolute Gasteiger partial charge is 0.347 e. The Bertz CT molecular complexity index is 630. The van der Waals surface area contributed by atoms with E-state index in [0.717, 1.165) is 0 Å². The summed E-state index contributed by atoms with van der Waals surface area (Å²) in [6, 6.07) is 1.58. The fraction of sp³-hybridized carbons (Fsp3) is 0.615. The van der Waals surface area contributed by atoms with Crippen molar-refractivity contribution in [2.75, 3.05) is 0 Å². The van der Waals surface area contributed by atoms with Crippen LogP contribution < -0.4 is 10.5 Å². The van der Waals surface area contributed by atoms with Gasteiger partial charge in [0, 0.05) is 19.3 Å². The summed E-state index contributed by atoms with van der Waals surface area (Å²) in [7, 11) is -2.13. The number of aromatic nitrogens is 1. The lowest BCUT2D eigenvalue weighted by Gasteiger charge is -2.17. The Labute approximate surface area is 118 Å². The molecule has 0 atom stereocenters. The summed E-state index contributed by atoms with van der Waals surface area (Å²) in [5.41, 5.74) is 0.334. The highest BCUT2D eigenvalue weighted by Gasteiger charge is 2.42. The van der Waals surface area contributed by atoms with Crippen LogP contribution in [0.3, 0.4) is 0 Å². The van der Waals surface area contributed by atoms with Gasteiger partial charge in [0.05, 0.1) is 0 Å². The molecular weight excluding hydrogens is 278 g/mol. The number of rotatable bonds is 5. The monoisotopic (exact) mass is 297 g/mol. The Kier molecular flexibility index (Phi) is 3.13. The second kappa shape index (κ2) is 4.60. The molecule has 2 aliphatic carbocycles. The summed E-state index contributed by atoms with van der Waals surface area (Å²) >= 11 is 0. The number of amides is 1. The predicted octanol–water partition coefficient (Wildman–Crippen LogP) is 0.591. The minimum Gasteiger partial charge on any atom is -0.347 e. The predicted molar refractivity (Wildman–Crippen MR) is 73.5 cm³/mol. The number of hydrogen-bond donors (Lipinski definition) is 2. The second-order valence-electron chi connectivity index (χ2n) is 5.89. The molecule has 0 saturated heterocycles. The smallest absolute Gasteiger partial charge is 0.268 e. The van der Waals surface area contributed by atoms with E-state index in [-0.39, 0.29) is 16.8 Å². The first-order valence-corrected chi connectivity index (χ1v) is 8.41. The Hall–Kier alpha value is -1.34. The molecule has 1 heterocycles. The van der Waals surface area contributed by atoms with Crippen molar-refractivity contribution >= 4 is 15.9 Å². The van der Waals surface area contributed by atoms with E-state index in [1.165, 1.54) is 42.5 Å². The summed E-state index contributed by atoms with van der Waals surface area (Å²) < 4.78 is 24.1. The summed E-state index contributed by atoms with van der Waals surface area (Å²) in [4.78, 5) is 12.3. The molecule has 3 rings (SSSR count). The number of nitrogens with two attached hydrogens (primary N) is 1. The van der Waals surface area contributed by atoms with E-state index in [2.05, 4.69) is 5.32 Å². The third-order valence-electron chi connectivity index (χ3n) is 4.10. The molecule has 0 bridgehead atoms. The first-order valence-electron chi connectivity index (χ1n) is 6.86. The summed E-state index contributed by atoms with van der Waals surface area (Å²) in [6.07, 6.45) is 6.08. The van der Waals surface area contributed by atoms with Crippen molar-refractivity contribution in [1.82, 2.24) is 9.88 Å². The van der Waals surface area contributed by atoms with Gasteiger partial charge in [0.1, 0.15) is 10.6 Å². The van der Waals surface area contributed by atoms with Crippen LogP contribution in [0.25, 0.3) is 0 Å². The van der Waals surface area contributed by atoms with Crippen molar-refractivity contribution in [2.45, 2.75) is 36.6 Å². The molecule has 3 N–H and O–H groups in total. The minimum atomic E-state index is -3.78. The van der Waals surface area contributed by atoms with E-state index in [4.69, 9.17) is 5.14 Å². The number of aryl methyl sites for hydroxylation is 1. The van der Waals surface area contributed by atoms with E-state index < -0.39 is 10.0 Å². The molecule has 20 heavy (non-hydrogen) atoms. The quantitative estimate of drug-likeness (QED) is 0.833. The van der Waals surface area contributed by atoms with Gasteiger partial charge in [-0.15, -0.1) is 0 Å². The molecule has 7 heteroatoms. The van der Waals surface area contributed by atoms with Gasteiger partial charge < -0.3 is 9.88 Å². The van der Waals surface area contributed by atoms with E-state index in [9.17, 15) is 13.2 Å².